The highest BCUT2D eigenvalue weighted by Crippen LogP contribution is 2.34. The lowest BCUT2D eigenvalue weighted by Gasteiger charge is -2.29. The summed E-state index contributed by atoms with van der Waals surface area (Å²) in [5, 5.41) is 0. The maximum absolute atomic E-state index is 14.8. The van der Waals surface area contributed by atoms with E-state index in [-0.39, 0.29) is 17.8 Å². The van der Waals surface area contributed by atoms with Crippen LogP contribution in [-0.4, -0.2) is 19.5 Å². The van der Waals surface area contributed by atoms with Gasteiger partial charge in [0.05, 0.1) is 6.61 Å². The Kier molecular flexibility index (Phi) is 7.73. The summed E-state index contributed by atoms with van der Waals surface area (Å²) in [6, 6.07) is 7.74. The van der Waals surface area contributed by atoms with E-state index < -0.39 is 17.5 Å². The van der Waals surface area contributed by atoms with Crippen LogP contribution >= 0.6 is 0 Å². The van der Waals surface area contributed by atoms with Crippen molar-refractivity contribution in [3.05, 3.63) is 58.9 Å². The first-order valence-corrected chi connectivity index (χ1v) is 10.5. The molecule has 3 rings (SSSR count). The zero-order valence-electron chi connectivity index (χ0n) is 17.1. The molecule has 2 aromatic carbocycles. The number of hydrogen-bond acceptors (Lipinski definition) is 2. The summed E-state index contributed by atoms with van der Waals surface area (Å²) >= 11 is 0. The molecule has 1 aliphatic heterocycles. The zero-order chi connectivity index (χ0) is 20.8. The van der Waals surface area contributed by atoms with Crippen molar-refractivity contribution in [3.63, 3.8) is 0 Å². The van der Waals surface area contributed by atoms with Crippen molar-refractivity contribution in [1.29, 1.82) is 0 Å². The molecule has 2 aromatic rings. The number of halogens is 3. The molecule has 0 saturated carbocycles. The van der Waals surface area contributed by atoms with E-state index in [1.807, 2.05) is 13.8 Å². The van der Waals surface area contributed by atoms with Crippen molar-refractivity contribution in [2.45, 2.75) is 64.6 Å². The second-order valence-electron chi connectivity index (χ2n) is 7.65. The number of benzene rings is 2. The fourth-order valence-corrected chi connectivity index (χ4v) is 3.75. The fourth-order valence-electron chi connectivity index (χ4n) is 3.75. The summed E-state index contributed by atoms with van der Waals surface area (Å²) < 4.78 is 55.0. The summed E-state index contributed by atoms with van der Waals surface area (Å²) in [5.74, 6) is -2.23. The van der Waals surface area contributed by atoms with Crippen LogP contribution in [0.25, 0.3) is 11.1 Å². The monoisotopic (exact) mass is 406 g/mol. The highest BCUT2D eigenvalue weighted by atomic mass is 19.2. The van der Waals surface area contributed by atoms with Gasteiger partial charge in [0.25, 0.3) is 0 Å². The van der Waals surface area contributed by atoms with Crippen molar-refractivity contribution in [3.8, 4) is 11.1 Å². The van der Waals surface area contributed by atoms with Gasteiger partial charge < -0.3 is 9.47 Å². The van der Waals surface area contributed by atoms with E-state index in [0.29, 0.717) is 42.7 Å². The molecule has 29 heavy (non-hydrogen) atoms. The third-order valence-corrected chi connectivity index (χ3v) is 5.46. The van der Waals surface area contributed by atoms with Gasteiger partial charge in [0.2, 0.25) is 0 Å². The van der Waals surface area contributed by atoms with E-state index in [2.05, 4.69) is 0 Å². The molecule has 0 aliphatic carbocycles. The average molecular weight is 406 g/mol. The molecule has 1 heterocycles. The molecule has 2 unspecified atom stereocenters. The van der Waals surface area contributed by atoms with Gasteiger partial charge in [-0.25, -0.2) is 13.2 Å². The number of unbranched alkanes of at least 4 members (excludes halogenated alkanes) is 1. The smallest absolute Gasteiger partial charge is 0.166 e. The molecule has 0 N–H and O–H groups in total. The van der Waals surface area contributed by atoms with Gasteiger partial charge in [-0.3, -0.25) is 0 Å². The van der Waals surface area contributed by atoms with Crippen LogP contribution in [-0.2, 0) is 15.9 Å². The van der Waals surface area contributed by atoms with Gasteiger partial charge in [0.15, 0.2) is 17.9 Å². The van der Waals surface area contributed by atoms with Crippen molar-refractivity contribution < 1.29 is 22.6 Å². The van der Waals surface area contributed by atoms with E-state index in [4.69, 9.17) is 9.47 Å². The first kappa shape index (κ1) is 21.8. The summed E-state index contributed by atoms with van der Waals surface area (Å²) in [6.45, 7) is 5.08. The molecule has 158 valence electrons. The largest absolute Gasteiger partial charge is 0.353 e. The molecule has 1 aliphatic rings. The fraction of sp³-hybridized carbons (Fsp3) is 0.500. The number of ether oxygens (including phenoxy) is 2. The SMILES string of the molecule is CCCCc1ccc(-c2ccc(C3CCC(OCCC)OC3)c(F)c2)c(F)c1F. The third kappa shape index (κ3) is 5.20. The Hall–Kier alpha value is -1.85. The first-order valence-electron chi connectivity index (χ1n) is 10.5. The van der Waals surface area contributed by atoms with Crippen LogP contribution < -0.4 is 0 Å². The van der Waals surface area contributed by atoms with Gasteiger partial charge in [0.1, 0.15) is 5.82 Å². The Morgan fingerprint density at radius 1 is 1.00 bits per heavy atom. The molecule has 2 atom stereocenters. The molecule has 0 spiro atoms. The molecule has 0 radical (unpaired) electrons. The minimum atomic E-state index is -0.914. The van der Waals surface area contributed by atoms with E-state index in [0.717, 1.165) is 25.7 Å². The zero-order valence-corrected chi connectivity index (χ0v) is 17.1. The Balaban J connectivity index is 1.74. The van der Waals surface area contributed by atoms with E-state index in [1.165, 1.54) is 12.1 Å². The van der Waals surface area contributed by atoms with E-state index in [9.17, 15) is 13.2 Å². The molecule has 0 bridgehead atoms. The lowest BCUT2D eigenvalue weighted by Crippen LogP contribution is -2.27. The molecule has 5 heteroatoms. The van der Waals surface area contributed by atoms with Gasteiger partial charge in [-0.1, -0.05) is 44.5 Å². The van der Waals surface area contributed by atoms with Crippen LogP contribution in [0.2, 0.25) is 0 Å². The predicted octanol–water partition coefficient (Wildman–Crippen LogP) is 6.76. The number of rotatable bonds is 8. The molecule has 0 aromatic heterocycles. The minimum absolute atomic E-state index is 0.0662. The van der Waals surface area contributed by atoms with Crippen molar-refractivity contribution >= 4 is 0 Å². The van der Waals surface area contributed by atoms with Crippen LogP contribution in [0.15, 0.2) is 30.3 Å². The lowest BCUT2D eigenvalue weighted by atomic mass is 9.90. The van der Waals surface area contributed by atoms with Gasteiger partial charge >= 0.3 is 0 Å². The second-order valence-corrected chi connectivity index (χ2v) is 7.65. The summed E-state index contributed by atoms with van der Waals surface area (Å²) in [6.07, 6.45) is 4.38. The van der Waals surface area contributed by atoms with Crippen LogP contribution in [0, 0.1) is 17.5 Å². The van der Waals surface area contributed by atoms with Crippen molar-refractivity contribution in [2.24, 2.45) is 0 Å². The Bertz CT molecular complexity index is 814. The quantitative estimate of drug-likeness (QED) is 0.482. The third-order valence-electron chi connectivity index (χ3n) is 5.46. The van der Waals surface area contributed by atoms with Gasteiger partial charge in [-0.2, -0.15) is 0 Å². The predicted molar refractivity (Wildman–Crippen MR) is 108 cm³/mol. The average Bonchev–Trinajstić information content (AvgIpc) is 2.74. The van der Waals surface area contributed by atoms with Gasteiger partial charge in [-0.15, -0.1) is 0 Å². The number of hydrogen-bond donors (Lipinski definition) is 0. The molecule has 0 amide bonds. The molecular formula is C24H29F3O2. The Labute approximate surface area is 171 Å². The van der Waals surface area contributed by atoms with Crippen LogP contribution in [0.4, 0.5) is 13.2 Å². The summed E-state index contributed by atoms with van der Waals surface area (Å²) in [4.78, 5) is 0. The standard InChI is InChI=1S/C24H29F3O2/c1-3-5-6-16-7-11-20(24(27)23(16)26)17-8-10-19(21(25)14-17)18-9-12-22(29-15-18)28-13-4-2/h7-8,10-11,14,18,22H,3-6,9,12-13,15H2,1-2H3. The summed E-state index contributed by atoms with van der Waals surface area (Å²) in [5.41, 5.74) is 1.33. The molecule has 1 fully saturated rings. The topological polar surface area (TPSA) is 18.5 Å². The van der Waals surface area contributed by atoms with Crippen LogP contribution in [0.3, 0.4) is 0 Å². The lowest BCUT2D eigenvalue weighted by molar-refractivity contribution is -0.167. The summed E-state index contributed by atoms with van der Waals surface area (Å²) in [7, 11) is 0. The van der Waals surface area contributed by atoms with Crippen molar-refractivity contribution in [2.75, 3.05) is 13.2 Å². The highest BCUT2D eigenvalue weighted by Gasteiger charge is 2.26. The highest BCUT2D eigenvalue weighted by molar-refractivity contribution is 5.65. The van der Waals surface area contributed by atoms with Crippen molar-refractivity contribution in [1.82, 2.24) is 0 Å². The maximum atomic E-state index is 14.8. The molecule has 2 nitrogen and oxygen atoms in total. The molecular weight excluding hydrogens is 377 g/mol. The van der Waals surface area contributed by atoms with Crippen LogP contribution in [0.1, 0.15) is 63.0 Å². The van der Waals surface area contributed by atoms with E-state index in [1.54, 1.807) is 18.2 Å². The normalized spacial score (nSPS) is 19.5. The minimum Gasteiger partial charge on any atom is -0.353 e. The molecule has 1 saturated heterocycles. The number of aryl methyl sites for hydroxylation is 1. The first-order chi connectivity index (χ1) is 14.0. The van der Waals surface area contributed by atoms with E-state index >= 15 is 0 Å². The van der Waals surface area contributed by atoms with Gasteiger partial charge in [-0.05, 0) is 54.9 Å². The van der Waals surface area contributed by atoms with Gasteiger partial charge in [0, 0.05) is 18.1 Å². The maximum Gasteiger partial charge on any atom is 0.166 e. The van der Waals surface area contributed by atoms with Crippen LogP contribution in [0.5, 0.6) is 0 Å². The Morgan fingerprint density at radius 2 is 1.83 bits per heavy atom. The second kappa shape index (κ2) is 10.3. The Morgan fingerprint density at radius 3 is 2.48 bits per heavy atom.